The van der Waals surface area contributed by atoms with Crippen molar-refractivity contribution >= 4 is 15.9 Å². The Hall–Kier alpha value is -3.37. The first-order chi connectivity index (χ1) is 13.3. The number of hydrogen-bond donors (Lipinski definition) is 3. The van der Waals surface area contributed by atoms with E-state index in [1.54, 1.807) is 12.1 Å². The zero-order chi connectivity index (χ0) is 20.1. The van der Waals surface area contributed by atoms with E-state index in [9.17, 15) is 18.4 Å². The van der Waals surface area contributed by atoms with Crippen LogP contribution in [0.1, 0.15) is 5.69 Å². The number of carbonyl (C=O) groups excluding carboxylic acids is 1. The third-order valence-electron chi connectivity index (χ3n) is 3.79. The average Bonchev–Trinajstić information content (AvgIpc) is 3.07. The van der Waals surface area contributed by atoms with Crippen LogP contribution < -0.4 is 15.2 Å². The summed E-state index contributed by atoms with van der Waals surface area (Å²) in [7, 11) is -4.01. The van der Waals surface area contributed by atoms with Crippen molar-refractivity contribution < 1.29 is 23.2 Å². The fraction of sp³-hybridized carbons (Fsp3) is 0.111. The monoisotopic (exact) mass is 402 g/mol. The lowest BCUT2D eigenvalue weighted by molar-refractivity contribution is -0.119. The molecule has 0 bridgehead atoms. The van der Waals surface area contributed by atoms with Gasteiger partial charge in [0.2, 0.25) is 15.9 Å². The van der Waals surface area contributed by atoms with Gasteiger partial charge in [0.15, 0.2) is 0 Å². The van der Waals surface area contributed by atoms with E-state index in [0.29, 0.717) is 21.9 Å². The van der Waals surface area contributed by atoms with Gasteiger partial charge in [-0.2, -0.15) is 9.45 Å². The van der Waals surface area contributed by atoms with E-state index < -0.39 is 22.0 Å². The molecular formula is C18H18N4O5S. The summed E-state index contributed by atoms with van der Waals surface area (Å²) < 4.78 is 33.7. The fourth-order valence-corrected chi connectivity index (χ4v) is 3.64. The number of aromatic nitrogens is 2. The Morgan fingerprint density at radius 1 is 1.14 bits per heavy atom. The van der Waals surface area contributed by atoms with E-state index in [0.717, 1.165) is 6.33 Å². The average molecular weight is 402 g/mol. The predicted octanol–water partition coefficient (Wildman–Crippen LogP) is 1.29. The Morgan fingerprint density at radius 3 is 2.36 bits per heavy atom. The van der Waals surface area contributed by atoms with Gasteiger partial charge in [0.1, 0.15) is 23.9 Å². The first-order valence-electron chi connectivity index (χ1n) is 8.20. The SMILES string of the molecule is NC(=O)[C@@H](Cc1cn(O)cn1)NS(=O)(=O)c1ccc(Oc2ccccc2)cc1. The first kappa shape index (κ1) is 19.4. The predicted molar refractivity (Wildman–Crippen MR) is 99.4 cm³/mol. The Labute approximate surface area is 161 Å². The van der Waals surface area contributed by atoms with Gasteiger partial charge in [-0.3, -0.25) is 4.79 Å². The van der Waals surface area contributed by atoms with Crippen molar-refractivity contribution in [3.8, 4) is 11.5 Å². The molecule has 0 saturated carbocycles. The van der Waals surface area contributed by atoms with Gasteiger partial charge in [-0.25, -0.2) is 13.4 Å². The molecule has 2 aromatic carbocycles. The number of rotatable bonds is 8. The van der Waals surface area contributed by atoms with Gasteiger partial charge >= 0.3 is 0 Å². The van der Waals surface area contributed by atoms with Gasteiger partial charge in [0.05, 0.1) is 16.8 Å². The van der Waals surface area contributed by atoms with Crippen LogP contribution in [0.3, 0.4) is 0 Å². The second-order valence-electron chi connectivity index (χ2n) is 5.91. The number of nitrogens with two attached hydrogens (primary N) is 1. The number of amides is 1. The highest BCUT2D eigenvalue weighted by atomic mass is 32.2. The van der Waals surface area contributed by atoms with Crippen LogP contribution in [0, 0.1) is 0 Å². The van der Waals surface area contributed by atoms with E-state index in [1.807, 2.05) is 18.2 Å². The van der Waals surface area contributed by atoms with Crippen LogP contribution in [0.25, 0.3) is 0 Å². The van der Waals surface area contributed by atoms with Crippen molar-refractivity contribution in [2.24, 2.45) is 5.73 Å². The van der Waals surface area contributed by atoms with Crippen molar-refractivity contribution in [3.05, 3.63) is 72.8 Å². The number of ether oxygens (including phenoxy) is 1. The van der Waals surface area contributed by atoms with Crippen molar-refractivity contribution in [1.29, 1.82) is 0 Å². The van der Waals surface area contributed by atoms with Gasteiger partial charge in [-0.15, -0.1) is 0 Å². The lowest BCUT2D eigenvalue weighted by Gasteiger charge is -2.15. The molecule has 0 fully saturated rings. The maximum absolute atomic E-state index is 12.6. The molecule has 0 aliphatic heterocycles. The zero-order valence-corrected chi connectivity index (χ0v) is 15.4. The summed E-state index contributed by atoms with van der Waals surface area (Å²) in [6.45, 7) is 0. The van der Waals surface area contributed by atoms with Crippen molar-refractivity contribution in [3.63, 3.8) is 0 Å². The summed E-state index contributed by atoms with van der Waals surface area (Å²) in [6, 6.07) is 13.6. The van der Waals surface area contributed by atoms with Crippen molar-refractivity contribution in [1.82, 2.24) is 14.4 Å². The number of imidazole rings is 1. The van der Waals surface area contributed by atoms with Crippen LogP contribution in [0.5, 0.6) is 11.5 Å². The molecule has 28 heavy (non-hydrogen) atoms. The van der Waals surface area contributed by atoms with Crippen molar-refractivity contribution in [2.75, 3.05) is 0 Å². The molecule has 3 rings (SSSR count). The second-order valence-corrected chi connectivity index (χ2v) is 7.63. The van der Waals surface area contributed by atoms with Crippen LogP contribution in [-0.4, -0.2) is 35.3 Å². The molecular weight excluding hydrogens is 384 g/mol. The molecule has 0 unspecified atom stereocenters. The van der Waals surface area contributed by atoms with Crippen LogP contribution >= 0.6 is 0 Å². The van der Waals surface area contributed by atoms with E-state index in [1.165, 1.54) is 30.5 Å². The molecule has 0 aliphatic rings. The summed E-state index contributed by atoms with van der Waals surface area (Å²) in [5.41, 5.74) is 5.61. The van der Waals surface area contributed by atoms with Gasteiger partial charge < -0.3 is 15.7 Å². The fourth-order valence-electron chi connectivity index (χ4n) is 2.43. The van der Waals surface area contributed by atoms with E-state index in [-0.39, 0.29) is 11.3 Å². The molecule has 146 valence electrons. The van der Waals surface area contributed by atoms with Crippen LogP contribution in [0.15, 0.2) is 72.0 Å². The standard InChI is InChI=1S/C18H18N4O5S/c19-18(23)17(10-13-11-22(24)12-20-13)21-28(25,26)16-8-6-15(7-9-16)27-14-4-2-1-3-5-14/h1-9,11-12,17,21,24H,10H2,(H2,19,23)/t17-/m1/s1. The number of benzene rings is 2. The maximum Gasteiger partial charge on any atom is 0.241 e. The number of nitrogens with zero attached hydrogens (tertiary/aromatic N) is 2. The molecule has 0 aliphatic carbocycles. The molecule has 9 nitrogen and oxygen atoms in total. The highest BCUT2D eigenvalue weighted by Crippen LogP contribution is 2.22. The maximum atomic E-state index is 12.6. The number of primary amides is 1. The normalized spacial score (nSPS) is 12.4. The third-order valence-corrected chi connectivity index (χ3v) is 5.28. The highest BCUT2D eigenvalue weighted by Gasteiger charge is 2.25. The summed E-state index contributed by atoms with van der Waals surface area (Å²) >= 11 is 0. The molecule has 0 radical (unpaired) electrons. The molecule has 1 heterocycles. The quantitative estimate of drug-likeness (QED) is 0.486. The minimum atomic E-state index is -4.01. The van der Waals surface area contributed by atoms with Crippen LogP contribution in [0.2, 0.25) is 0 Å². The third kappa shape index (κ3) is 4.87. The van der Waals surface area contributed by atoms with E-state index in [4.69, 9.17) is 10.5 Å². The number of sulfonamides is 1. The Morgan fingerprint density at radius 2 is 1.79 bits per heavy atom. The molecule has 0 saturated heterocycles. The van der Waals surface area contributed by atoms with Crippen LogP contribution in [0.4, 0.5) is 0 Å². The summed E-state index contributed by atoms with van der Waals surface area (Å²) in [4.78, 5) is 15.5. The van der Waals surface area contributed by atoms with Gasteiger partial charge in [-0.05, 0) is 36.4 Å². The zero-order valence-electron chi connectivity index (χ0n) is 14.6. The second kappa shape index (κ2) is 8.11. The summed E-state index contributed by atoms with van der Waals surface area (Å²) in [6.07, 6.45) is 2.27. The summed E-state index contributed by atoms with van der Waals surface area (Å²) in [5, 5.41) is 9.23. The molecule has 1 aromatic heterocycles. The minimum absolute atomic E-state index is 0.0492. The molecule has 1 amide bonds. The highest BCUT2D eigenvalue weighted by molar-refractivity contribution is 7.89. The first-order valence-corrected chi connectivity index (χ1v) is 9.68. The number of carbonyl (C=O) groups is 1. The molecule has 0 spiro atoms. The van der Waals surface area contributed by atoms with Crippen LogP contribution in [-0.2, 0) is 21.2 Å². The van der Waals surface area contributed by atoms with Crippen molar-refractivity contribution in [2.45, 2.75) is 17.4 Å². The molecule has 10 heteroatoms. The summed E-state index contributed by atoms with van der Waals surface area (Å²) in [5.74, 6) is 0.221. The Balaban J connectivity index is 1.72. The Bertz CT molecular complexity index is 1050. The minimum Gasteiger partial charge on any atom is -0.457 e. The lowest BCUT2D eigenvalue weighted by Crippen LogP contribution is -2.45. The largest absolute Gasteiger partial charge is 0.457 e. The number of para-hydroxylation sites is 1. The molecule has 3 aromatic rings. The Kier molecular flexibility index (Phi) is 5.62. The molecule has 4 N–H and O–H groups in total. The molecule has 1 atom stereocenters. The van der Waals surface area contributed by atoms with E-state index in [2.05, 4.69) is 9.71 Å². The van der Waals surface area contributed by atoms with E-state index >= 15 is 0 Å². The topological polar surface area (TPSA) is 137 Å². The number of nitrogens with one attached hydrogen (secondary N) is 1. The van der Waals surface area contributed by atoms with Gasteiger partial charge in [0.25, 0.3) is 0 Å². The van der Waals surface area contributed by atoms with Gasteiger partial charge in [0, 0.05) is 6.42 Å². The van der Waals surface area contributed by atoms with Gasteiger partial charge in [-0.1, -0.05) is 18.2 Å². The number of hydrogen-bond acceptors (Lipinski definition) is 6. The smallest absolute Gasteiger partial charge is 0.241 e. The lowest BCUT2D eigenvalue weighted by atomic mass is 10.2.